The molecule has 7 heteroatoms. The largest absolute Gasteiger partial charge is 0.337 e. The topological polar surface area (TPSA) is 87.3 Å². The molecule has 0 aliphatic carbocycles. The van der Waals surface area contributed by atoms with Crippen molar-refractivity contribution in [3.63, 3.8) is 0 Å². The van der Waals surface area contributed by atoms with Gasteiger partial charge in [-0.05, 0) is 56.3 Å². The van der Waals surface area contributed by atoms with Crippen molar-refractivity contribution in [1.82, 2.24) is 5.32 Å². The van der Waals surface area contributed by atoms with Gasteiger partial charge in [0.25, 0.3) is 5.91 Å². The van der Waals surface area contributed by atoms with Crippen LogP contribution in [0.1, 0.15) is 49.4 Å². The van der Waals surface area contributed by atoms with Crippen LogP contribution in [0, 0.1) is 12.8 Å². The maximum Gasteiger partial charge on any atom is 0.262 e. The number of hydrogen-bond acceptors (Lipinski definition) is 4. The van der Waals surface area contributed by atoms with E-state index in [1.54, 1.807) is 44.2 Å². The molecule has 0 saturated carbocycles. The minimum absolute atomic E-state index is 0.0578. The molecule has 1 aromatic carbocycles. The van der Waals surface area contributed by atoms with Gasteiger partial charge < -0.3 is 16.0 Å². The first-order valence-electron chi connectivity index (χ1n) is 9.23. The van der Waals surface area contributed by atoms with E-state index in [-0.39, 0.29) is 23.6 Å². The Labute approximate surface area is 169 Å². The predicted molar refractivity (Wildman–Crippen MR) is 114 cm³/mol. The van der Waals surface area contributed by atoms with E-state index < -0.39 is 5.54 Å². The number of nitrogens with one attached hydrogen (secondary N) is 3. The first kappa shape index (κ1) is 21.6. The number of hydrogen-bond donors (Lipinski definition) is 3. The summed E-state index contributed by atoms with van der Waals surface area (Å²) < 4.78 is 0. The number of thiophene rings is 1. The number of anilines is 2. The third-order valence-electron chi connectivity index (χ3n) is 4.64. The molecule has 0 aliphatic rings. The van der Waals surface area contributed by atoms with E-state index in [2.05, 4.69) is 16.0 Å². The molecule has 3 amide bonds. The fraction of sp³-hybridized carbons (Fsp3) is 0.381. The Morgan fingerprint density at radius 2 is 1.71 bits per heavy atom. The van der Waals surface area contributed by atoms with Gasteiger partial charge in [0, 0.05) is 17.3 Å². The van der Waals surface area contributed by atoms with Crippen LogP contribution in [0.25, 0.3) is 0 Å². The van der Waals surface area contributed by atoms with Crippen molar-refractivity contribution in [3.8, 4) is 0 Å². The molecule has 1 atom stereocenters. The summed E-state index contributed by atoms with van der Waals surface area (Å²) in [5, 5.41) is 10.3. The monoisotopic (exact) mass is 401 g/mol. The minimum atomic E-state index is -1.11. The quantitative estimate of drug-likeness (QED) is 0.650. The fourth-order valence-corrected chi connectivity index (χ4v) is 3.06. The van der Waals surface area contributed by atoms with Gasteiger partial charge >= 0.3 is 0 Å². The van der Waals surface area contributed by atoms with Crippen LogP contribution in [-0.2, 0) is 9.59 Å². The van der Waals surface area contributed by atoms with Crippen LogP contribution in [0.3, 0.4) is 0 Å². The van der Waals surface area contributed by atoms with Crippen LogP contribution < -0.4 is 16.0 Å². The molecule has 0 saturated heterocycles. The molecule has 1 unspecified atom stereocenters. The molecule has 1 aromatic heterocycles. The third-order valence-corrected chi connectivity index (χ3v) is 5.51. The molecule has 2 rings (SSSR count). The first-order valence-corrected chi connectivity index (χ1v) is 10.1. The summed E-state index contributed by atoms with van der Waals surface area (Å²) in [6.07, 6.45) is 0.749. The Kier molecular flexibility index (Phi) is 6.96. The van der Waals surface area contributed by atoms with Crippen LogP contribution in [0.15, 0.2) is 35.7 Å². The lowest BCUT2D eigenvalue weighted by Crippen LogP contribution is -2.52. The number of carbonyl (C=O) groups excluding carboxylic acids is 3. The molecule has 0 bridgehead atoms. The molecule has 28 heavy (non-hydrogen) atoms. The molecule has 0 spiro atoms. The van der Waals surface area contributed by atoms with Crippen molar-refractivity contribution in [2.75, 3.05) is 10.6 Å². The molecule has 0 radical (unpaired) electrons. The Bertz CT molecular complexity index is 860. The second-order valence-electron chi connectivity index (χ2n) is 7.29. The summed E-state index contributed by atoms with van der Waals surface area (Å²) in [7, 11) is 0. The van der Waals surface area contributed by atoms with E-state index in [0.29, 0.717) is 16.3 Å². The van der Waals surface area contributed by atoms with Gasteiger partial charge in [0.2, 0.25) is 11.8 Å². The van der Waals surface area contributed by atoms with Crippen LogP contribution in [0.4, 0.5) is 11.4 Å². The highest BCUT2D eigenvalue weighted by molar-refractivity contribution is 7.12. The van der Waals surface area contributed by atoms with Gasteiger partial charge in [0.1, 0.15) is 5.54 Å². The second kappa shape index (κ2) is 9.01. The summed E-state index contributed by atoms with van der Waals surface area (Å²) in [5.74, 6) is -0.783. The van der Waals surface area contributed by atoms with Crippen LogP contribution >= 0.6 is 11.3 Å². The summed E-state index contributed by atoms with van der Waals surface area (Å²) in [4.78, 5) is 37.8. The Balaban J connectivity index is 2.11. The van der Waals surface area contributed by atoms with Gasteiger partial charge in [0.15, 0.2) is 0 Å². The van der Waals surface area contributed by atoms with Crippen LogP contribution in [-0.4, -0.2) is 23.3 Å². The average Bonchev–Trinajstić information content (AvgIpc) is 3.18. The van der Waals surface area contributed by atoms with E-state index in [1.807, 2.05) is 26.2 Å². The van der Waals surface area contributed by atoms with Crippen molar-refractivity contribution in [3.05, 3.63) is 46.2 Å². The second-order valence-corrected chi connectivity index (χ2v) is 8.23. The highest BCUT2D eigenvalue weighted by Gasteiger charge is 2.30. The van der Waals surface area contributed by atoms with Crippen molar-refractivity contribution < 1.29 is 14.4 Å². The van der Waals surface area contributed by atoms with Gasteiger partial charge in [-0.3, -0.25) is 14.4 Å². The molecule has 3 N–H and O–H groups in total. The number of rotatable bonds is 7. The molecule has 1 heterocycles. The van der Waals surface area contributed by atoms with Crippen LogP contribution in [0.2, 0.25) is 0 Å². The van der Waals surface area contributed by atoms with E-state index in [0.717, 1.165) is 12.0 Å². The predicted octanol–water partition coefficient (Wildman–Crippen LogP) is 4.19. The zero-order valence-electron chi connectivity index (χ0n) is 16.9. The SMILES string of the molecule is CCC(C)C(=O)Nc1cccc(NC(=O)C(C)(C)NC(=O)c2cccs2)c1C. The van der Waals surface area contributed by atoms with Crippen molar-refractivity contribution >= 4 is 40.4 Å². The van der Waals surface area contributed by atoms with Gasteiger partial charge in [-0.15, -0.1) is 11.3 Å². The smallest absolute Gasteiger partial charge is 0.262 e. The normalized spacial score (nSPS) is 12.2. The van der Waals surface area contributed by atoms with Crippen molar-refractivity contribution in [2.24, 2.45) is 5.92 Å². The van der Waals surface area contributed by atoms with Gasteiger partial charge in [0.05, 0.1) is 4.88 Å². The number of amides is 3. The molecule has 0 fully saturated rings. The standard InChI is InChI=1S/C21H27N3O3S/c1-6-13(2)18(25)22-15-9-7-10-16(14(15)3)23-20(27)21(4,5)24-19(26)17-11-8-12-28-17/h7-13H,6H2,1-5H3,(H,22,25)(H,23,27)(H,24,26). The third kappa shape index (κ3) is 5.19. The van der Waals surface area contributed by atoms with Crippen LogP contribution in [0.5, 0.6) is 0 Å². The van der Waals surface area contributed by atoms with Gasteiger partial charge in [-0.25, -0.2) is 0 Å². The Morgan fingerprint density at radius 3 is 2.29 bits per heavy atom. The fourth-order valence-electron chi connectivity index (χ4n) is 2.44. The van der Waals surface area contributed by atoms with E-state index in [9.17, 15) is 14.4 Å². The summed E-state index contributed by atoms with van der Waals surface area (Å²) in [6, 6.07) is 8.83. The van der Waals surface area contributed by atoms with E-state index in [4.69, 9.17) is 0 Å². The van der Waals surface area contributed by atoms with Gasteiger partial charge in [-0.2, -0.15) is 0 Å². The van der Waals surface area contributed by atoms with E-state index >= 15 is 0 Å². The Morgan fingerprint density at radius 1 is 1.07 bits per heavy atom. The first-order chi connectivity index (χ1) is 13.2. The lowest BCUT2D eigenvalue weighted by Gasteiger charge is -2.25. The summed E-state index contributed by atoms with van der Waals surface area (Å²) in [6.45, 7) is 8.96. The van der Waals surface area contributed by atoms with Crippen molar-refractivity contribution in [1.29, 1.82) is 0 Å². The maximum atomic E-state index is 12.8. The molecule has 2 aromatic rings. The van der Waals surface area contributed by atoms with E-state index in [1.165, 1.54) is 11.3 Å². The number of carbonyl (C=O) groups is 3. The zero-order valence-corrected chi connectivity index (χ0v) is 17.7. The highest BCUT2D eigenvalue weighted by Crippen LogP contribution is 2.25. The minimum Gasteiger partial charge on any atom is -0.337 e. The maximum absolute atomic E-state index is 12.8. The molecular weight excluding hydrogens is 374 g/mol. The van der Waals surface area contributed by atoms with Crippen molar-refractivity contribution in [2.45, 2.75) is 46.6 Å². The molecule has 0 aliphatic heterocycles. The molecule has 6 nitrogen and oxygen atoms in total. The lowest BCUT2D eigenvalue weighted by atomic mass is 10.0. The zero-order chi connectivity index (χ0) is 20.9. The average molecular weight is 402 g/mol. The summed E-state index contributed by atoms with van der Waals surface area (Å²) in [5.41, 5.74) is 0.894. The highest BCUT2D eigenvalue weighted by atomic mass is 32.1. The lowest BCUT2D eigenvalue weighted by molar-refractivity contribution is -0.121. The van der Waals surface area contributed by atoms with Gasteiger partial charge in [-0.1, -0.05) is 26.0 Å². The Hall–Kier alpha value is -2.67. The molecular formula is C21H27N3O3S. The summed E-state index contributed by atoms with van der Waals surface area (Å²) >= 11 is 1.32. The number of benzene rings is 1. The molecule has 150 valence electrons.